The second-order valence-corrected chi connectivity index (χ2v) is 7.13. The van der Waals surface area contributed by atoms with Crippen LogP contribution in [0.15, 0.2) is 54.6 Å². The van der Waals surface area contributed by atoms with Crippen LogP contribution < -0.4 is 5.32 Å². The Labute approximate surface area is 169 Å². The van der Waals surface area contributed by atoms with Crippen molar-refractivity contribution >= 4 is 23.3 Å². The first-order chi connectivity index (χ1) is 13.6. The highest BCUT2D eigenvalue weighted by molar-refractivity contribution is 7.07. The Balaban J connectivity index is 1.70. The number of nitrogens with one attached hydrogen (secondary N) is 1. The molecule has 2 aromatic carbocycles. The third-order valence-corrected chi connectivity index (χ3v) is 5.18. The Morgan fingerprint density at radius 2 is 1.86 bits per heavy atom. The molecule has 3 rings (SSSR count). The van der Waals surface area contributed by atoms with Crippen LogP contribution in [-0.4, -0.2) is 10.5 Å². The van der Waals surface area contributed by atoms with Gasteiger partial charge in [0.2, 0.25) is 0 Å². The number of ether oxygens (including phenoxy) is 1. The number of benzene rings is 2. The number of anilines is 1. The number of carbonyl (C=O) groups is 1. The summed E-state index contributed by atoms with van der Waals surface area (Å²) in [5.74, 6) is 6.25. The van der Waals surface area contributed by atoms with E-state index in [2.05, 4.69) is 40.6 Å². The van der Waals surface area contributed by atoms with E-state index in [1.54, 1.807) is 0 Å². The van der Waals surface area contributed by atoms with Gasteiger partial charge in [-0.15, -0.1) is 0 Å². The van der Waals surface area contributed by atoms with Gasteiger partial charge in [-0.25, -0.2) is 4.79 Å². The summed E-state index contributed by atoms with van der Waals surface area (Å²) < 4.78 is 9.80. The molecule has 0 spiro atoms. The summed E-state index contributed by atoms with van der Waals surface area (Å²) in [5.41, 5.74) is 4.47. The number of rotatable bonds is 4. The van der Waals surface area contributed by atoms with Gasteiger partial charge in [-0.2, -0.15) is 4.37 Å². The number of nitrogens with zero attached hydrogens (tertiary/aromatic N) is 1. The van der Waals surface area contributed by atoms with E-state index < -0.39 is 6.09 Å². The van der Waals surface area contributed by atoms with Crippen LogP contribution in [0, 0.1) is 18.8 Å². The van der Waals surface area contributed by atoms with Crippen molar-refractivity contribution < 1.29 is 9.53 Å². The van der Waals surface area contributed by atoms with E-state index in [9.17, 15) is 4.79 Å². The lowest BCUT2D eigenvalue weighted by atomic mass is 10.1. The molecule has 1 amide bonds. The third-order valence-electron chi connectivity index (χ3n) is 4.33. The van der Waals surface area contributed by atoms with Gasteiger partial charge in [-0.1, -0.05) is 55.3 Å². The van der Waals surface area contributed by atoms with Crippen molar-refractivity contribution in [3.05, 3.63) is 81.9 Å². The highest BCUT2D eigenvalue weighted by Crippen LogP contribution is 2.25. The molecular formula is C23H22N2O2S. The molecule has 0 aliphatic heterocycles. The molecule has 0 fully saturated rings. The van der Waals surface area contributed by atoms with Crippen LogP contribution in [0.2, 0.25) is 0 Å². The molecule has 0 bridgehead atoms. The fourth-order valence-corrected chi connectivity index (χ4v) is 3.35. The van der Waals surface area contributed by atoms with Crippen LogP contribution in [0.4, 0.5) is 10.5 Å². The standard InChI is InChI=1S/C23H22N2O2S/c1-4-18-10-12-19(13-11-18)14-15-21-22(16(2)25-28-21)24-23(26)27-17(3)20-8-6-5-7-9-20/h5-13,17H,4H2,1-3H3,(H,24,26)/t17-/m1/s1. The normalized spacial score (nSPS) is 11.2. The first-order valence-corrected chi connectivity index (χ1v) is 9.94. The summed E-state index contributed by atoms with van der Waals surface area (Å²) in [6, 6.07) is 17.8. The lowest BCUT2D eigenvalue weighted by molar-refractivity contribution is 0.121. The molecule has 0 unspecified atom stereocenters. The molecule has 5 heteroatoms. The molecule has 1 atom stereocenters. The first-order valence-electron chi connectivity index (χ1n) is 9.16. The molecule has 0 aliphatic carbocycles. The van der Waals surface area contributed by atoms with Gasteiger partial charge in [0.25, 0.3) is 0 Å². The molecule has 1 N–H and O–H groups in total. The van der Waals surface area contributed by atoms with E-state index in [0.717, 1.165) is 23.2 Å². The van der Waals surface area contributed by atoms with E-state index >= 15 is 0 Å². The van der Waals surface area contributed by atoms with Gasteiger partial charge in [0.15, 0.2) is 0 Å². The van der Waals surface area contributed by atoms with E-state index in [1.807, 2.05) is 56.3 Å². The maximum absolute atomic E-state index is 12.3. The van der Waals surface area contributed by atoms with E-state index in [0.29, 0.717) is 10.6 Å². The van der Waals surface area contributed by atoms with Crippen LogP contribution in [0.5, 0.6) is 0 Å². The smallest absolute Gasteiger partial charge is 0.412 e. The van der Waals surface area contributed by atoms with E-state index in [-0.39, 0.29) is 6.10 Å². The zero-order valence-corrected chi connectivity index (χ0v) is 17.0. The maximum atomic E-state index is 12.3. The van der Waals surface area contributed by atoms with Crippen molar-refractivity contribution in [1.29, 1.82) is 0 Å². The quantitative estimate of drug-likeness (QED) is 0.579. The fraction of sp³-hybridized carbons (Fsp3) is 0.217. The van der Waals surface area contributed by atoms with Crippen molar-refractivity contribution in [3.63, 3.8) is 0 Å². The maximum Gasteiger partial charge on any atom is 0.412 e. The molecule has 3 aromatic rings. The number of aryl methyl sites for hydroxylation is 2. The van der Waals surface area contributed by atoms with E-state index in [4.69, 9.17) is 4.74 Å². The summed E-state index contributed by atoms with van der Waals surface area (Å²) in [6.45, 7) is 5.80. The molecule has 0 aliphatic rings. The Morgan fingerprint density at radius 1 is 1.14 bits per heavy atom. The predicted octanol–water partition coefficient (Wildman–Crippen LogP) is 5.72. The van der Waals surface area contributed by atoms with Crippen LogP contribution in [-0.2, 0) is 11.2 Å². The molecule has 0 radical (unpaired) electrons. The monoisotopic (exact) mass is 390 g/mol. The molecule has 1 heterocycles. The Hall–Kier alpha value is -3.10. The number of aromatic nitrogens is 1. The highest BCUT2D eigenvalue weighted by Gasteiger charge is 2.16. The lowest BCUT2D eigenvalue weighted by Gasteiger charge is -2.14. The van der Waals surface area contributed by atoms with Crippen LogP contribution in [0.3, 0.4) is 0 Å². The molecule has 1 aromatic heterocycles. The molecule has 142 valence electrons. The van der Waals surface area contributed by atoms with Gasteiger partial charge in [0, 0.05) is 5.56 Å². The third kappa shape index (κ3) is 4.99. The van der Waals surface area contributed by atoms with Crippen LogP contribution in [0.25, 0.3) is 0 Å². The first kappa shape index (κ1) is 19.7. The fourth-order valence-electron chi connectivity index (χ4n) is 2.64. The Bertz CT molecular complexity index is 999. The molecule has 28 heavy (non-hydrogen) atoms. The number of hydrogen-bond donors (Lipinski definition) is 1. The molecule has 0 saturated carbocycles. The lowest BCUT2D eigenvalue weighted by Crippen LogP contribution is -2.16. The topological polar surface area (TPSA) is 51.2 Å². The second-order valence-electron chi connectivity index (χ2n) is 6.36. The summed E-state index contributed by atoms with van der Waals surface area (Å²) in [4.78, 5) is 13.0. The largest absolute Gasteiger partial charge is 0.441 e. The Morgan fingerprint density at radius 3 is 2.54 bits per heavy atom. The highest BCUT2D eigenvalue weighted by atomic mass is 32.1. The zero-order chi connectivity index (χ0) is 19.9. The minimum absolute atomic E-state index is 0.347. The van der Waals surface area contributed by atoms with Gasteiger partial charge >= 0.3 is 6.09 Å². The second kappa shape index (κ2) is 9.20. The van der Waals surface area contributed by atoms with Gasteiger partial charge in [-0.3, -0.25) is 5.32 Å². The number of hydrogen-bond acceptors (Lipinski definition) is 4. The van der Waals surface area contributed by atoms with Gasteiger partial charge in [-0.05, 0) is 61.0 Å². The predicted molar refractivity (Wildman–Crippen MR) is 114 cm³/mol. The summed E-state index contributed by atoms with van der Waals surface area (Å²) in [5, 5.41) is 2.80. The van der Waals surface area contributed by atoms with Crippen molar-refractivity contribution in [1.82, 2.24) is 4.37 Å². The van der Waals surface area contributed by atoms with Crippen molar-refractivity contribution in [2.45, 2.75) is 33.3 Å². The van der Waals surface area contributed by atoms with Gasteiger partial charge in [0.05, 0.1) is 11.4 Å². The average Bonchev–Trinajstić information content (AvgIpc) is 3.06. The van der Waals surface area contributed by atoms with Gasteiger partial charge < -0.3 is 4.74 Å². The molecule has 0 saturated heterocycles. The van der Waals surface area contributed by atoms with Crippen molar-refractivity contribution in [2.75, 3.05) is 5.32 Å². The van der Waals surface area contributed by atoms with Crippen molar-refractivity contribution in [2.24, 2.45) is 0 Å². The van der Waals surface area contributed by atoms with Crippen LogP contribution in [0.1, 0.15) is 47.2 Å². The number of carbonyl (C=O) groups excluding carboxylic acids is 1. The molecular weight excluding hydrogens is 368 g/mol. The molecule has 4 nitrogen and oxygen atoms in total. The number of amides is 1. The average molecular weight is 391 g/mol. The minimum Gasteiger partial charge on any atom is -0.441 e. The van der Waals surface area contributed by atoms with Gasteiger partial charge in [0.1, 0.15) is 11.0 Å². The minimum atomic E-state index is -0.519. The Kier molecular flexibility index (Phi) is 6.46. The summed E-state index contributed by atoms with van der Waals surface area (Å²) in [6.07, 6.45) is 0.133. The zero-order valence-electron chi connectivity index (χ0n) is 16.2. The summed E-state index contributed by atoms with van der Waals surface area (Å²) >= 11 is 1.27. The SMILES string of the molecule is CCc1ccc(C#Cc2snc(C)c2NC(=O)O[C@H](C)c2ccccc2)cc1. The van der Waals surface area contributed by atoms with E-state index in [1.165, 1.54) is 17.1 Å². The summed E-state index contributed by atoms with van der Waals surface area (Å²) in [7, 11) is 0. The van der Waals surface area contributed by atoms with Crippen LogP contribution >= 0.6 is 11.5 Å². The van der Waals surface area contributed by atoms with Crippen molar-refractivity contribution in [3.8, 4) is 11.8 Å².